The highest BCUT2D eigenvalue weighted by Gasteiger charge is 2.45. The number of hydrogen-bond acceptors (Lipinski definition) is 4. The Hall–Kier alpha value is -2.08. The summed E-state index contributed by atoms with van der Waals surface area (Å²) in [6, 6.07) is 3.52. The van der Waals surface area contributed by atoms with Gasteiger partial charge in [0, 0.05) is 17.5 Å². The van der Waals surface area contributed by atoms with Crippen LogP contribution < -0.4 is 5.32 Å². The van der Waals surface area contributed by atoms with Crippen molar-refractivity contribution < 1.29 is 19.8 Å². The van der Waals surface area contributed by atoms with E-state index in [9.17, 15) is 19.8 Å². The lowest BCUT2D eigenvalue weighted by Crippen LogP contribution is -2.42. The zero-order valence-electron chi connectivity index (χ0n) is 24.7. The number of β-amino-alcohol motifs (C(OH)–C–C–N with tert-alkyl or cyclic N) is 1. The summed E-state index contributed by atoms with van der Waals surface area (Å²) in [4.78, 5) is 26.0. The molecule has 1 atom stereocenters. The van der Waals surface area contributed by atoms with Gasteiger partial charge in [-0.15, -0.1) is 0 Å². The zero-order chi connectivity index (χ0) is 28.1. The molecule has 1 heterocycles. The van der Waals surface area contributed by atoms with E-state index in [0.717, 1.165) is 34.4 Å². The van der Waals surface area contributed by atoms with E-state index in [4.69, 9.17) is 0 Å². The van der Waals surface area contributed by atoms with E-state index in [-0.39, 0.29) is 40.5 Å². The summed E-state index contributed by atoms with van der Waals surface area (Å²) in [6.45, 7) is 25.1. The van der Waals surface area contributed by atoms with E-state index in [2.05, 4.69) is 74.6 Å². The van der Waals surface area contributed by atoms with Crippen molar-refractivity contribution in [1.29, 1.82) is 0 Å². The molecule has 1 aromatic carbocycles. The molecule has 1 aliphatic rings. The van der Waals surface area contributed by atoms with Gasteiger partial charge in [-0.1, -0.05) is 81.4 Å². The Morgan fingerprint density at radius 2 is 1.28 bits per heavy atom. The fraction of sp³-hybridized carbons (Fsp3) is 0.733. The fourth-order valence-corrected chi connectivity index (χ4v) is 6.22. The molecule has 1 fully saturated rings. The lowest BCUT2D eigenvalue weighted by molar-refractivity contribution is -0.131. The van der Waals surface area contributed by atoms with Gasteiger partial charge in [0.15, 0.2) is 0 Å². The van der Waals surface area contributed by atoms with Crippen molar-refractivity contribution in [2.75, 3.05) is 6.54 Å². The number of phenolic OH excluding ortho intramolecular Hbond substituents is 1. The first-order valence-corrected chi connectivity index (χ1v) is 13.1. The van der Waals surface area contributed by atoms with Gasteiger partial charge in [-0.25, -0.2) is 4.79 Å². The van der Waals surface area contributed by atoms with Crippen molar-refractivity contribution in [3.63, 3.8) is 0 Å². The van der Waals surface area contributed by atoms with Crippen molar-refractivity contribution in [3.05, 3.63) is 28.8 Å². The van der Waals surface area contributed by atoms with E-state index in [1.807, 2.05) is 12.1 Å². The first-order valence-electron chi connectivity index (χ1n) is 13.1. The van der Waals surface area contributed by atoms with Gasteiger partial charge >= 0.3 is 6.03 Å². The van der Waals surface area contributed by atoms with Gasteiger partial charge < -0.3 is 15.5 Å². The molecule has 1 aliphatic heterocycles. The molecule has 0 bridgehead atoms. The molecule has 0 aromatic heterocycles. The van der Waals surface area contributed by atoms with Crippen molar-refractivity contribution in [3.8, 4) is 5.75 Å². The van der Waals surface area contributed by atoms with Crippen LogP contribution in [-0.2, 0) is 22.0 Å². The number of rotatable bonds is 8. The highest BCUT2D eigenvalue weighted by molar-refractivity contribution is 6.06. The number of carbonyl (C=O) groups excluding carboxylic acids is 2. The molecule has 0 aliphatic carbocycles. The lowest BCUT2D eigenvalue weighted by atomic mass is 9.67. The molecular formula is C30H50N2O4. The maximum absolute atomic E-state index is 12.6. The van der Waals surface area contributed by atoms with Gasteiger partial charge in [-0.3, -0.25) is 9.69 Å². The number of phenols is 1. The van der Waals surface area contributed by atoms with Gasteiger partial charge in [0.1, 0.15) is 11.3 Å². The third-order valence-electron chi connectivity index (χ3n) is 6.88. The highest BCUT2D eigenvalue weighted by atomic mass is 16.3. The van der Waals surface area contributed by atoms with Crippen LogP contribution in [-0.4, -0.2) is 45.2 Å². The van der Waals surface area contributed by atoms with Crippen LogP contribution in [0.15, 0.2) is 12.1 Å². The molecular weight excluding hydrogens is 452 g/mol. The number of aliphatic hydroxyl groups is 1. The van der Waals surface area contributed by atoms with Crippen LogP contribution in [0.1, 0.15) is 113 Å². The number of carbonyl (C=O) groups is 2. The van der Waals surface area contributed by atoms with Crippen LogP contribution in [0.2, 0.25) is 0 Å². The molecule has 3 N–H and O–H groups in total. The number of benzene rings is 1. The van der Waals surface area contributed by atoms with Gasteiger partial charge in [0.25, 0.3) is 5.91 Å². The Kier molecular flexibility index (Phi) is 8.09. The number of amides is 3. The second kappa shape index (κ2) is 9.66. The van der Waals surface area contributed by atoms with E-state index in [1.165, 1.54) is 0 Å². The summed E-state index contributed by atoms with van der Waals surface area (Å²) in [7, 11) is 0. The second-order valence-corrected chi connectivity index (χ2v) is 15.1. The van der Waals surface area contributed by atoms with Gasteiger partial charge in [-0.2, -0.15) is 0 Å². The molecule has 0 radical (unpaired) electrons. The molecule has 3 amide bonds. The van der Waals surface area contributed by atoms with Crippen LogP contribution in [0, 0.1) is 10.8 Å². The van der Waals surface area contributed by atoms with E-state index in [1.54, 1.807) is 13.8 Å². The Morgan fingerprint density at radius 3 is 1.61 bits per heavy atom. The second-order valence-electron chi connectivity index (χ2n) is 15.1. The number of aliphatic hydroxyl groups excluding tert-OH is 1. The predicted molar refractivity (Wildman–Crippen MR) is 146 cm³/mol. The number of imide groups is 1. The van der Waals surface area contributed by atoms with Crippen molar-refractivity contribution in [2.45, 2.75) is 125 Å². The predicted octanol–water partition coefficient (Wildman–Crippen LogP) is 6.05. The molecule has 2 rings (SSSR count). The molecule has 36 heavy (non-hydrogen) atoms. The fourth-order valence-electron chi connectivity index (χ4n) is 6.22. The van der Waals surface area contributed by atoms with Crippen LogP contribution in [0.3, 0.4) is 0 Å². The van der Waals surface area contributed by atoms with E-state index < -0.39 is 17.7 Å². The lowest BCUT2D eigenvalue weighted by Gasteiger charge is -2.38. The summed E-state index contributed by atoms with van der Waals surface area (Å²) >= 11 is 0. The molecule has 6 heteroatoms. The SMILES string of the molecule is CC(C)(C)CC(C)(C)c1cc(CC(O)CN2C(=O)NC(C)(C)C2=O)cc(C(C)(C)CC(C)(C)C)c1O. The third kappa shape index (κ3) is 7.24. The summed E-state index contributed by atoms with van der Waals surface area (Å²) in [6.07, 6.45) is 1.09. The first kappa shape index (κ1) is 30.1. The number of nitrogens with zero attached hydrogens (tertiary/aromatic N) is 1. The Labute approximate surface area is 218 Å². The van der Waals surface area contributed by atoms with Crippen LogP contribution in [0.25, 0.3) is 0 Å². The van der Waals surface area contributed by atoms with Crippen molar-refractivity contribution in [1.82, 2.24) is 10.2 Å². The highest BCUT2D eigenvalue weighted by Crippen LogP contribution is 2.47. The number of aromatic hydroxyl groups is 1. The molecule has 6 nitrogen and oxygen atoms in total. The van der Waals surface area contributed by atoms with Crippen LogP contribution >= 0.6 is 0 Å². The molecule has 1 aromatic rings. The smallest absolute Gasteiger partial charge is 0.325 e. The monoisotopic (exact) mass is 502 g/mol. The summed E-state index contributed by atoms with van der Waals surface area (Å²) < 4.78 is 0. The topological polar surface area (TPSA) is 89.9 Å². The van der Waals surface area contributed by atoms with Gasteiger partial charge in [-0.05, 0) is 53.9 Å². The Morgan fingerprint density at radius 1 is 0.861 bits per heavy atom. The minimum absolute atomic E-state index is 0.0584. The quantitative estimate of drug-likeness (QED) is 0.377. The minimum Gasteiger partial charge on any atom is -0.507 e. The summed E-state index contributed by atoms with van der Waals surface area (Å²) in [5.74, 6) is -0.0103. The first-order chi connectivity index (χ1) is 16.0. The number of urea groups is 1. The zero-order valence-corrected chi connectivity index (χ0v) is 24.7. The van der Waals surface area contributed by atoms with Crippen molar-refractivity contribution >= 4 is 11.9 Å². The van der Waals surface area contributed by atoms with Crippen molar-refractivity contribution in [2.24, 2.45) is 10.8 Å². The number of hydrogen-bond donors (Lipinski definition) is 3. The Bertz CT molecular complexity index is 944. The van der Waals surface area contributed by atoms with E-state index >= 15 is 0 Å². The standard InChI is InChI=1S/C30H50N2O4/c1-26(2,3)17-28(7,8)21-14-19(15-22(23(21)34)29(9,10)18-27(4,5)6)13-20(33)16-32-24(35)30(11,12)31-25(32)36/h14-15,20,33-34H,13,16-18H2,1-12H3,(H,31,36). The molecule has 204 valence electrons. The largest absolute Gasteiger partial charge is 0.507 e. The molecule has 0 spiro atoms. The molecule has 1 unspecified atom stereocenters. The van der Waals surface area contributed by atoms with Crippen LogP contribution in [0.5, 0.6) is 5.75 Å². The van der Waals surface area contributed by atoms with E-state index in [0.29, 0.717) is 5.75 Å². The van der Waals surface area contributed by atoms with Gasteiger partial charge in [0.05, 0.1) is 12.6 Å². The summed E-state index contributed by atoms with van der Waals surface area (Å²) in [5.41, 5.74) is 1.18. The molecule has 0 saturated carbocycles. The van der Waals surface area contributed by atoms with Crippen LogP contribution in [0.4, 0.5) is 4.79 Å². The van der Waals surface area contributed by atoms with Gasteiger partial charge in [0.2, 0.25) is 0 Å². The average molecular weight is 503 g/mol. The maximum Gasteiger partial charge on any atom is 0.325 e. The molecule has 1 saturated heterocycles. The third-order valence-corrected chi connectivity index (χ3v) is 6.88. The number of nitrogens with one attached hydrogen (secondary N) is 1. The Balaban J connectivity index is 2.51. The summed E-state index contributed by atoms with van der Waals surface area (Å²) in [5, 5.41) is 25.2. The maximum atomic E-state index is 12.6. The average Bonchev–Trinajstić information content (AvgIpc) is 2.80. The minimum atomic E-state index is -0.969. The normalized spacial score (nSPS) is 18.0.